The van der Waals surface area contributed by atoms with Crippen molar-refractivity contribution in [2.75, 3.05) is 19.6 Å². The summed E-state index contributed by atoms with van der Waals surface area (Å²) in [4.78, 5) is 2.72. The third kappa shape index (κ3) is 5.27. The van der Waals surface area contributed by atoms with Crippen molar-refractivity contribution < 1.29 is 21.9 Å². The lowest BCUT2D eigenvalue weighted by Gasteiger charge is -2.32. The zero-order valence-corrected chi connectivity index (χ0v) is 16.3. The molecule has 1 heterocycles. The average Bonchev–Trinajstić information content (AvgIpc) is 2.62. The lowest BCUT2D eigenvalue weighted by atomic mass is 9.97. The number of nitrogens with one attached hydrogen (secondary N) is 1. The first-order valence-corrected chi connectivity index (χ1v) is 10.9. The second-order valence-electron chi connectivity index (χ2n) is 7.09. The van der Waals surface area contributed by atoms with Gasteiger partial charge < -0.3 is 9.64 Å². The van der Waals surface area contributed by atoms with Crippen molar-refractivity contribution in [1.29, 1.82) is 0 Å². The van der Waals surface area contributed by atoms with Gasteiger partial charge in [-0.05, 0) is 81.1 Å². The Morgan fingerprint density at radius 3 is 2.67 bits per heavy atom. The Labute approximate surface area is 159 Å². The van der Waals surface area contributed by atoms with Crippen LogP contribution in [-0.2, 0) is 16.4 Å². The molecule has 0 bridgehead atoms. The molecule has 3 rings (SSSR count). The molecule has 5 nitrogen and oxygen atoms in total. The maximum atomic E-state index is 12.8. The Morgan fingerprint density at radius 2 is 2.00 bits per heavy atom. The molecule has 1 aromatic rings. The van der Waals surface area contributed by atoms with Crippen molar-refractivity contribution in [1.82, 2.24) is 9.62 Å². The van der Waals surface area contributed by atoms with Gasteiger partial charge in [-0.25, -0.2) is 13.1 Å². The molecule has 0 radical (unpaired) electrons. The Balaban J connectivity index is 1.66. The summed E-state index contributed by atoms with van der Waals surface area (Å²) in [6.45, 7) is 2.15. The molecule has 1 fully saturated rings. The Morgan fingerprint density at radius 1 is 1.26 bits per heavy atom. The van der Waals surface area contributed by atoms with E-state index in [1.165, 1.54) is 6.07 Å². The van der Waals surface area contributed by atoms with Crippen LogP contribution in [0.3, 0.4) is 0 Å². The molecule has 1 saturated heterocycles. The van der Waals surface area contributed by atoms with Crippen molar-refractivity contribution in [3.8, 4) is 5.75 Å². The topological polar surface area (TPSA) is 58.6 Å². The van der Waals surface area contributed by atoms with Gasteiger partial charge in [0.25, 0.3) is 0 Å². The number of hydrogen-bond acceptors (Lipinski definition) is 4. The van der Waals surface area contributed by atoms with Crippen LogP contribution in [-0.4, -0.2) is 45.6 Å². The summed E-state index contributed by atoms with van der Waals surface area (Å²) in [6, 6.07) is 4.59. The van der Waals surface area contributed by atoms with Gasteiger partial charge in [0.15, 0.2) is 0 Å². The number of rotatable bonds is 7. The number of ether oxygens (including phenoxy) is 1. The Hall–Kier alpha value is -1.51. The van der Waals surface area contributed by atoms with Gasteiger partial charge in [-0.3, -0.25) is 0 Å². The van der Waals surface area contributed by atoms with E-state index in [4.69, 9.17) is 0 Å². The third-order valence-corrected chi connectivity index (χ3v) is 6.75. The number of sulfonamides is 1. The summed E-state index contributed by atoms with van der Waals surface area (Å²) < 4.78 is 57.5. The first kappa shape index (κ1) is 20.2. The van der Waals surface area contributed by atoms with Crippen LogP contribution in [0.2, 0.25) is 0 Å². The van der Waals surface area contributed by atoms with E-state index >= 15 is 0 Å². The largest absolute Gasteiger partial charge is 0.435 e. The number of benzene rings is 1. The lowest BCUT2D eigenvalue weighted by molar-refractivity contribution is -0.0498. The van der Waals surface area contributed by atoms with Crippen molar-refractivity contribution in [2.24, 2.45) is 0 Å². The smallest absolute Gasteiger partial charge is 0.387 e. The number of hydrogen-bond donors (Lipinski definition) is 1. The molecule has 27 heavy (non-hydrogen) atoms. The van der Waals surface area contributed by atoms with Crippen molar-refractivity contribution >= 4 is 16.1 Å². The van der Waals surface area contributed by atoms with E-state index in [0.717, 1.165) is 50.0 Å². The molecule has 0 saturated carbocycles. The number of alkyl halides is 2. The summed E-state index contributed by atoms with van der Waals surface area (Å²) >= 11 is 0. The van der Waals surface area contributed by atoms with E-state index in [2.05, 4.69) is 21.3 Å². The van der Waals surface area contributed by atoms with Gasteiger partial charge in [0.05, 0.1) is 4.91 Å². The maximum absolute atomic E-state index is 12.8. The fraction of sp³-hybridized carbons (Fsp3) is 0.579. The van der Waals surface area contributed by atoms with Crippen LogP contribution in [0.5, 0.6) is 5.75 Å². The van der Waals surface area contributed by atoms with E-state index in [0.29, 0.717) is 17.7 Å². The molecule has 1 aromatic carbocycles. The van der Waals surface area contributed by atoms with Crippen molar-refractivity contribution in [2.45, 2.75) is 51.7 Å². The molecule has 0 atom stereocenters. The molecule has 2 aliphatic rings. The Bertz CT molecular complexity index is 788. The number of piperidine rings is 1. The predicted molar refractivity (Wildman–Crippen MR) is 101 cm³/mol. The Kier molecular flexibility index (Phi) is 6.49. The van der Waals surface area contributed by atoms with Gasteiger partial charge in [-0.15, -0.1) is 0 Å². The minimum atomic E-state index is -3.54. The fourth-order valence-electron chi connectivity index (χ4n) is 3.72. The molecule has 0 aromatic heterocycles. The minimum absolute atomic E-state index is 0.0350. The van der Waals surface area contributed by atoms with Crippen LogP contribution in [0.15, 0.2) is 23.1 Å². The van der Waals surface area contributed by atoms with Crippen LogP contribution < -0.4 is 9.46 Å². The highest BCUT2D eigenvalue weighted by atomic mass is 32.2. The minimum Gasteiger partial charge on any atom is -0.435 e. The highest BCUT2D eigenvalue weighted by Gasteiger charge is 2.27. The van der Waals surface area contributed by atoms with Gasteiger partial charge in [-0.2, -0.15) is 8.78 Å². The molecule has 1 aliphatic heterocycles. The second kappa shape index (κ2) is 8.67. The van der Waals surface area contributed by atoms with E-state index in [1.807, 2.05) is 0 Å². The van der Waals surface area contributed by atoms with Gasteiger partial charge in [0, 0.05) is 6.04 Å². The third-order valence-electron chi connectivity index (χ3n) is 5.09. The number of fused-ring (bicyclic) bond motifs is 1. The fourth-order valence-corrected chi connectivity index (χ4v) is 5.20. The summed E-state index contributed by atoms with van der Waals surface area (Å²) in [7, 11) is -3.54. The summed E-state index contributed by atoms with van der Waals surface area (Å²) in [5.41, 5.74) is 1.56. The molecule has 1 aliphatic carbocycles. The SMILES string of the molecule is CCCN1CCC(NS(=O)(=O)C2=Cc3ccc(OC(F)F)cc3CC2)CC1. The normalized spacial score (nSPS) is 19.0. The molecule has 150 valence electrons. The number of likely N-dealkylation sites (tertiary alicyclic amines) is 1. The lowest BCUT2D eigenvalue weighted by Crippen LogP contribution is -2.45. The first-order valence-electron chi connectivity index (χ1n) is 9.40. The number of halogens is 2. The van der Waals surface area contributed by atoms with E-state index in [9.17, 15) is 17.2 Å². The molecular weight excluding hydrogens is 374 g/mol. The highest BCUT2D eigenvalue weighted by Crippen LogP contribution is 2.30. The van der Waals surface area contributed by atoms with E-state index in [-0.39, 0.29) is 11.8 Å². The van der Waals surface area contributed by atoms with Crippen LogP contribution in [0.4, 0.5) is 8.78 Å². The standard InChI is InChI=1S/C19H26F2N2O3S/c1-2-9-23-10-7-16(8-11-23)22-27(24,25)18-6-4-14-12-17(26-19(20)21)5-3-15(14)13-18/h3,5,12-13,16,19,22H,2,4,6-11H2,1H3. The van der Waals surface area contributed by atoms with Crippen molar-refractivity contribution in [3.63, 3.8) is 0 Å². The molecule has 8 heteroatoms. The summed E-state index contributed by atoms with van der Waals surface area (Å²) in [5, 5.41) is 0. The highest BCUT2D eigenvalue weighted by molar-refractivity contribution is 7.93. The van der Waals surface area contributed by atoms with E-state index in [1.54, 1.807) is 18.2 Å². The number of aryl methyl sites for hydroxylation is 1. The summed E-state index contributed by atoms with van der Waals surface area (Å²) in [6.07, 6.45) is 5.22. The monoisotopic (exact) mass is 400 g/mol. The van der Waals surface area contributed by atoms with Gasteiger partial charge in [0.1, 0.15) is 5.75 Å². The zero-order chi connectivity index (χ0) is 19.4. The van der Waals surface area contributed by atoms with Gasteiger partial charge in [-0.1, -0.05) is 13.0 Å². The van der Waals surface area contributed by atoms with E-state index < -0.39 is 16.6 Å². The quantitative estimate of drug-likeness (QED) is 0.762. The summed E-state index contributed by atoms with van der Waals surface area (Å²) in [5.74, 6) is 0.0976. The van der Waals surface area contributed by atoms with Gasteiger partial charge in [0.2, 0.25) is 10.0 Å². The molecular formula is C19H26F2N2O3S. The first-order chi connectivity index (χ1) is 12.9. The molecule has 1 N–H and O–H groups in total. The zero-order valence-electron chi connectivity index (χ0n) is 15.5. The predicted octanol–water partition coefficient (Wildman–Crippen LogP) is 3.37. The molecule has 0 amide bonds. The number of allylic oxidation sites excluding steroid dienone is 1. The van der Waals surface area contributed by atoms with Gasteiger partial charge >= 0.3 is 6.61 Å². The molecule has 0 unspecified atom stereocenters. The maximum Gasteiger partial charge on any atom is 0.387 e. The van der Waals surface area contributed by atoms with Crippen molar-refractivity contribution in [3.05, 3.63) is 34.2 Å². The van der Waals surface area contributed by atoms with Crippen LogP contribution in [0.1, 0.15) is 43.7 Å². The number of nitrogens with zero attached hydrogens (tertiary/aromatic N) is 1. The van der Waals surface area contributed by atoms with Crippen LogP contribution in [0, 0.1) is 0 Å². The molecule has 0 spiro atoms. The average molecular weight is 400 g/mol. The second-order valence-corrected chi connectivity index (χ2v) is 8.85. The van der Waals surface area contributed by atoms with Crippen LogP contribution in [0.25, 0.3) is 6.08 Å². The van der Waals surface area contributed by atoms with Crippen LogP contribution >= 0.6 is 0 Å².